The van der Waals surface area contributed by atoms with Crippen LogP contribution in [0.5, 0.6) is 5.75 Å². The Balaban J connectivity index is 1.43. The van der Waals surface area contributed by atoms with Gasteiger partial charge in [0.05, 0.1) is 5.25 Å². The Morgan fingerprint density at radius 3 is 2.72 bits per heavy atom. The molecule has 6 nitrogen and oxygen atoms in total. The van der Waals surface area contributed by atoms with Crippen molar-refractivity contribution in [3.63, 3.8) is 0 Å². The third kappa shape index (κ3) is 3.38. The van der Waals surface area contributed by atoms with E-state index >= 15 is 0 Å². The predicted octanol–water partition coefficient (Wildman–Crippen LogP) is 3.46. The molecule has 4 rings (SSSR count). The van der Waals surface area contributed by atoms with Crippen molar-refractivity contribution in [2.75, 3.05) is 5.32 Å². The number of aromatic hydroxyl groups is 1. The van der Waals surface area contributed by atoms with Crippen LogP contribution < -0.4 is 5.32 Å². The molecule has 0 bridgehead atoms. The molecule has 2 atom stereocenters. The van der Waals surface area contributed by atoms with Gasteiger partial charge in [0.2, 0.25) is 0 Å². The highest BCUT2D eigenvalue weighted by Crippen LogP contribution is 2.43. The second-order valence-electron chi connectivity index (χ2n) is 6.48. The monoisotopic (exact) mass is 380 g/mol. The molecule has 1 aromatic heterocycles. The molecule has 2 fully saturated rings. The Hall–Kier alpha value is -1.64. The van der Waals surface area contributed by atoms with Crippen LogP contribution in [-0.2, 0) is 14.6 Å². The minimum atomic E-state index is -3.35. The number of phenolic OH excluding ortho intramolecular Hbond substituents is 1. The lowest BCUT2D eigenvalue weighted by atomic mass is 10.0. The molecule has 0 radical (unpaired) electrons. The van der Waals surface area contributed by atoms with Gasteiger partial charge < -0.3 is 15.2 Å². The first-order chi connectivity index (χ1) is 12.1. The second kappa shape index (κ2) is 6.59. The SMILES string of the molecule is O=S(=O)(c1csc(NC2OC2c2ccccc2O)n1)C1CCCCC1. The molecule has 2 aromatic rings. The van der Waals surface area contributed by atoms with Crippen molar-refractivity contribution in [1.29, 1.82) is 0 Å². The number of phenols is 1. The summed E-state index contributed by atoms with van der Waals surface area (Å²) in [7, 11) is -3.35. The Labute approximate surface area is 150 Å². The van der Waals surface area contributed by atoms with Gasteiger partial charge in [-0.2, -0.15) is 0 Å². The zero-order chi connectivity index (χ0) is 17.4. The normalized spacial score (nSPS) is 24.2. The molecule has 2 aliphatic rings. The summed E-state index contributed by atoms with van der Waals surface area (Å²) in [5.74, 6) is 0.191. The number of ether oxygens (including phenoxy) is 1. The van der Waals surface area contributed by atoms with E-state index in [1.165, 1.54) is 11.3 Å². The maximum atomic E-state index is 12.7. The largest absolute Gasteiger partial charge is 0.508 e. The summed E-state index contributed by atoms with van der Waals surface area (Å²) in [5, 5.41) is 14.9. The second-order valence-corrected chi connectivity index (χ2v) is 9.51. The molecule has 8 heteroatoms. The van der Waals surface area contributed by atoms with Gasteiger partial charge in [-0.3, -0.25) is 0 Å². The standard InChI is InChI=1S/C17H20N2O4S2/c20-13-9-5-4-8-12(13)15-16(23-15)19-17-18-14(10-24-17)25(21,22)11-6-2-1-3-7-11/h4-5,8-11,15-16,20H,1-3,6-7H2,(H,18,19). The minimum absolute atomic E-state index is 0.159. The van der Waals surface area contributed by atoms with Gasteiger partial charge in [-0.05, 0) is 18.9 Å². The number of epoxide rings is 1. The molecule has 2 heterocycles. The fraction of sp³-hybridized carbons (Fsp3) is 0.471. The molecule has 134 valence electrons. The molecule has 1 aliphatic carbocycles. The van der Waals surface area contributed by atoms with Gasteiger partial charge in [-0.1, -0.05) is 37.5 Å². The van der Waals surface area contributed by atoms with E-state index in [1.807, 2.05) is 12.1 Å². The smallest absolute Gasteiger partial charge is 0.199 e. The number of hydrogen-bond acceptors (Lipinski definition) is 7. The number of benzene rings is 1. The minimum Gasteiger partial charge on any atom is -0.508 e. The number of aromatic nitrogens is 1. The maximum Gasteiger partial charge on any atom is 0.199 e. The van der Waals surface area contributed by atoms with Crippen LogP contribution in [0.4, 0.5) is 5.13 Å². The van der Waals surface area contributed by atoms with E-state index in [0.29, 0.717) is 10.7 Å². The van der Waals surface area contributed by atoms with Crippen molar-refractivity contribution >= 4 is 26.3 Å². The number of hydrogen-bond donors (Lipinski definition) is 2. The molecule has 2 unspecified atom stereocenters. The fourth-order valence-corrected chi connectivity index (χ4v) is 6.16. The van der Waals surface area contributed by atoms with Crippen LogP contribution in [0.1, 0.15) is 43.8 Å². The summed E-state index contributed by atoms with van der Waals surface area (Å²) in [5.41, 5.74) is 0.714. The van der Waals surface area contributed by atoms with E-state index in [4.69, 9.17) is 4.74 Å². The summed E-state index contributed by atoms with van der Waals surface area (Å²) in [6.45, 7) is 0. The third-order valence-electron chi connectivity index (χ3n) is 4.77. The van der Waals surface area contributed by atoms with Gasteiger partial charge >= 0.3 is 0 Å². The summed E-state index contributed by atoms with van der Waals surface area (Å²) >= 11 is 1.27. The molecule has 1 aromatic carbocycles. The predicted molar refractivity (Wildman–Crippen MR) is 95.5 cm³/mol. The molecule has 0 amide bonds. The number of sulfone groups is 1. The van der Waals surface area contributed by atoms with E-state index in [0.717, 1.165) is 32.1 Å². The number of thiazole rings is 1. The maximum absolute atomic E-state index is 12.7. The topological polar surface area (TPSA) is 91.8 Å². The van der Waals surface area contributed by atoms with Gasteiger partial charge in [-0.15, -0.1) is 11.3 Å². The van der Waals surface area contributed by atoms with Gasteiger partial charge in [-0.25, -0.2) is 13.4 Å². The first-order valence-electron chi connectivity index (χ1n) is 8.45. The highest BCUT2D eigenvalue weighted by atomic mass is 32.2. The van der Waals surface area contributed by atoms with Crippen molar-refractivity contribution in [2.45, 2.75) is 54.7 Å². The summed E-state index contributed by atoms with van der Waals surface area (Å²) < 4.78 is 30.9. The third-order valence-corrected chi connectivity index (χ3v) is 7.83. The molecule has 1 aliphatic heterocycles. The molecule has 1 saturated heterocycles. The first-order valence-corrected chi connectivity index (χ1v) is 10.9. The summed E-state index contributed by atoms with van der Waals surface area (Å²) in [4.78, 5) is 4.26. The van der Waals surface area contributed by atoms with Crippen LogP contribution >= 0.6 is 11.3 Å². The van der Waals surface area contributed by atoms with Crippen LogP contribution in [0.25, 0.3) is 0 Å². The molecule has 25 heavy (non-hydrogen) atoms. The molecule has 1 saturated carbocycles. The van der Waals surface area contributed by atoms with Gasteiger partial charge in [0.15, 0.2) is 26.2 Å². The van der Waals surface area contributed by atoms with Crippen LogP contribution in [-0.4, -0.2) is 30.0 Å². The van der Waals surface area contributed by atoms with Crippen LogP contribution in [0, 0.1) is 0 Å². The van der Waals surface area contributed by atoms with Gasteiger partial charge in [0.25, 0.3) is 0 Å². The van der Waals surface area contributed by atoms with E-state index in [-0.39, 0.29) is 28.4 Å². The lowest BCUT2D eigenvalue weighted by Crippen LogP contribution is -2.24. The number of para-hydroxylation sites is 1. The lowest BCUT2D eigenvalue weighted by Gasteiger charge is -2.20. The highest BCUT2D eigenvalue weighted by molar-refractivity contribution is 7.92. The Morgan fingerprint density at radius 1 is 1.20 bits per heavy atom. The lowest BCUT2D eigenvalue weighted by molar-refractivity contribution is 0.378. The zero-order valence-corrected chi connectivity index (χ0v) is 15.2. The molecular weight excluding hydrogens is 360 g/mol. The Morgan fingerprint density at radius 2 is 1.96 bits per heavy atom. The first kappa shape index (κ1) is 16.8. The Kier molecular flexibility index (Phi) is 4.43. The molecular formula is C17H20N2O4S2. The fourth-order valence-electron chi connectivity index (χ4n) is 3.31. The van der Waals surface area contributed by atoms with Gasteiger partial charge in [0, 0.05) is 10.9 Å². The van der Waals surface area contributed by atoms with Crippen LogP contribution in [0.2, 0.25) is 0 Å². The van der Waals surface area contributed by atoms with Crippen LogP contribution in [0.3, 0.4) is 0 Å². The van der Waals surface area contributed by atoms with Crippen molar-refractivity contribution in [2.24, 2.45) is 0 Å². The zero-order valence-electron chi connectivity index (χ0n) is 13.6. The van der Waals surface area contributed by atoms with Crippen molar-refractivity contribution in [3.8, 4) is 5.75 Å². The van der Waals surface area contributed by atoms with E-state index in [1.54, 1.807) is 17.5 Å². The van der Waals surface area contributed by atoms with E-state index < -0.39 is 9.84 Å². The number of nitrogens with zero attached hydrogens (tertiary/aromatic N) is 1. The average Bonchev–Trinajstić information content (AvgIpc) is 3.20. The van der Waals surface area contributed by atoms with Gasteiger partial charge in [0.1, 0.15) is 11.9 Å². The number of anilines is 1. The molecule has 0 spiro atoms. The Bertz CT molecular complexity index is 859. The number of nitrogens with one attached hydrogen (secondary N) is 1. The van der Waals surface area contributed by atoms with Crippen molar-refractivity contribution < 1.29 is 18.3 Å². The van der Waals surface area contributed by atoms with E-state index in [9.17, 15) is 13.5 Å². The summed E-state index contributed by atoms with van der Waals surface area (Å²) in [6.07, 6.45) is 3.96. The number of rotatable bonds is 5. The van der Waals surface area contributed by atoms with Crippen molar-refractivity contribution in [1.82, 2.24) is 4.98 Å². The summed E-state index contributed by atoms with van der Waals surface area (Å²) in [6, 6.07) is 7.02. The average molecular weight is 380 g/mol. The van der Waals surface area contributed by atoms with E-state index in [2.05, 4.69) is 10.3 Å². The highest BCUT2D eigenvalue weighted by Gasteiger charge is 2.42. The van der Waals surface area contributed by atoms with Crippen molar-refractivity contribution in [3.05, 3.63) is 35.2 Å². The molecule has 2 N–H and O–H groups in total. The van der Waals surface area contributed by atoms with Crippen LogP contribution in [0.15, 0.2) is 34.7 Å². The quantitative estimate of drug-likeness (QED) is 0.772.